The van der Waals surface area contributed by atoms with Crippen molar-refractivity contribution in [3.05, 3.63) is 33.9 Å². The van der Waals surface area contributed by atoms with E-state index in [9.17, 15) is 10.1 Å². The molecular weight excluding hydrogens is 248 g/mol. The third-order valence-corrected chi connectivity index (χ3v) is 3.46. The molecule has 0 bridgehead atoms. The number of anilines is 1. The zero-order valence-corrected chi connectivity index (χ0v) is 11.8. The Morgan fingerprint density at radius 2 is 2.11 bits per heavy atom. The number of unbranched alkanes of at least 4 members (excludes halogenated alkanes) is 2. The van der Waals surface area contributed by atoms with Crippen LogP contribution in [-0.2, 0) is 0 Å². The molecule has 0 aliphatic carbocycles. The van der Waals surface area contributed by atoms with Crippen molar-refractivity contribution < 1.29 is 4.92 Å². The van der Waals surface area contributed by atoms with Gasteiger partial charge in [0.1, 0.15) is 5.69 Å². The maximum Gasteiger partial charge on any atom is 0.295 e. The molecule has 0 aliphatic heterocycles. The number of hydrogen-bond donors (Lipinski definition) is 1. The van der Waals surface area contributed by atoms with Gasteiger partial charge < -0.3 is 5.32 Å². The summed E-state index contributed by atoms with van der Waals surface area (Å²) in [6, 6.07) is 5.38. The van der Waals surface area contributed by atoms with Gasteiger partial charge in [-0.2, -0.15) is 11.8 Å². The first-order valence-electron chi connectivity index (χ1n) is 6.13. The number of thioether (sulfide) groups is 1. The summed E-state index contributed by atoms with van der Waals surface area (Å²) in [5, 5.41) is 14.1. The van der Waals surface area contributed by atoms with Crippen LogP contribution in [-0.4, -0.2) is 23.5 Å². The lowest BCUT2D eigenvalue weighted by molar-refractivity contribution is -0.384. The molecule has 100 valence electrons. The van der Waals surface area contributed by atoms with Gasteiger partial charge in [0.2, 0.25) is 0 Å². The summed E-state index contributed by atoms with van der Waals surface area (Å²) in [7, 11) is 0. The fourth-order valence-corrected chi connectivity index (χ4v) is 2.31. The van der Waals surface area contributed by atoms with Crippen LogP contribution in [0.25, 0.3) is 0 Å². The van der Waals surface area contributed by atoms with Crippen molar-refractivity contribution >= 4 is 23.1 Å². The van der Waals surface area contributed by atoms with Gasteiger partial charge in [-0.05, 0) is 37.8 Å². The SMILES string of the molecule is CSCCCCCNc1cccc(C)c1[N+](=O)[O-]. The molecule has 0 amide bonds. The van der Waals surface area contributed by atoms with E-state index in [1.807, 2.05) is 17.8 Å². The predicted octanol–water partition coefficient (Wildman–Crippen LogP) is 3.85. The van der Waals surface area contributed by atoms with E-state index in [2.05, 4.69) is 11.6 Å². The monoisotopic (exact) mass is 268 g/mol. The highest BCUT2D eigenvalue weighted by Crippen LogP contribution is 2.27. The number of hydrogen-bond acceptors (Lipinski definition) is 4. The average Bonchev–Trinajstić information content (AvgIpc) is 2.33. The first kappa shape index (κ1) is 14.8. The molecule has 1 aromatic rings. The molecule has 1 rings (SSSR count). The number of aryl methyl sites for hydroxylation is 1. The van der Waals surface area contributed by atoms with E-state index in [4.69, 9.17) is 0 Å². The summed E-state index contributed by atoms with van der Waals surface area (Å²) < 4.78 is 0. The first-order valence-corrected chi connectivity index (χ1v) is 7.53. The van der Waals surface area contributed by atoms with Gasteiger partial charge in [0.25, 0.3) is 5.69 Å². The lowest BCUT2D eigenvalue weighted by atomic mass is 10.1. The normalized spacial score (nSPS) is 10.3. The van der Waals surface area contributed by atoms with Crippen molar-refractivity contribution in [1.82, 2.24) is 0 Å². The van der Waals surface area contributed by atoms with Crippen LogP contribution >= 0.6 is 11.8 Å². The smallest absolute Gasteiger partial charge is 0.295 e. The van der Waals surface area contributed by atoms with Crippen LogP contribution in [0.1, 0.15) is 24.8 Å². The predicted molar refractivity (Wildman–Crippen MR) is 78.6 cm³/mol. The number of para-hydroxylation sites is 1. The third kappa shape index (κ3) is 4.56. The molecule has 1 aromatic carbocycles. The van der Waals surface area contributed by atoms with E-state index in [0.717, 1.165) is 19.4 Å². The Morgan fingerprint density at radius 1 is 1.33 bits per heavy atom. The minimum atomic E-state index is -0.314. The summed E-state index contributed by atoms with van der Waals surface area (Å²) in [5.74, 6) is 1.19. The average molecular weight is 268 g/mol. The maximum absolute atomic E-state index is 11.0. The van der Waals surface area contributed by atoms with E-state index in [1.165, 1.54) is 12.2 Å². The van der Waals surface area contributed by atoms with Crippen molar-refractivity contribution in [2.24, 2.45) is 0 Å². The Bertz CT molecular complexity index is 397. The zero-order chi connectivity index (χ0) is 13.4. The number of rotatable bonds is 8. The Kier molecular flexibility index (Phi) is 6.57. The van der Waals surface area contributed by atoms with Gasteiger partial charge in [-0.1, -0.05) is 18.6 Å². The van der Waals surface area contributed by atoms with Gasteiger partial charge in [0.05, 0.1) is 4.92 Å². The molecule has 4 nitrogen and oxygen atoms in total. The summed E-state index contributed by atoms with van der Waals surface area (Å²) in [6.45, 7) is 2.56. The zero-order valence-electron chi connectivity index (χ0n) is 10.9. The van der Waals surface area contributed by atoms with E-state index in [1.54, 1.807) is 19.1 Å². The van der Waals surface area contributed by atoms with Crippen molar-refractivity contribution in [2.45, 2.75) is 26.2 Å². The standard InChI is InChI=1S/C13H20N2O2S/c1-11-7-6-8-12(13(11)15(16)17)14-9-4-3-5-10-18-2/h6-8,14H,3-5,9-10H2,1-2H3. The van der Waals surface area contributed by atoms with Gasteiger partial charge in [0.15, 0.2) is 0 Å². The van der Waals surface area contributed by atoms with Gasteiger partial charge in [-0.25, -0.2) is 0 Å². The lowest BCUT2D eigenvalue weighted by Gasteiger charge is -2.08. The second-order valence-corrected chi connectivity index (χ2v) is 5.19. The highest BCUT2D eigenvalue weighted by Gasteiger charge is 2.15. The fourth-order valence-electron chi connectivity index (χ4n) is 1.82. The van der Waals surface area contributed by atoms with Crippen LogP contribution in [0.4, 0.5) is 11.4 Å². The molecule has 0 unspecified atom stereocenters. The number of nitro groups is 1. The van der Waals surface area contributed by atoms with Crippen LogP contribution in [0.5, 0.6) is 0 Å². The second kappa shape index (κ2) is 7.97. The Morgan fingerprint density at radius 3 is 2.78 bits per heavy atom. The number of benzene rings is 1. The van der Waals surface area contributed by atoms with Crippen molar-refractivity contribution in [3.63, 3.8) is 0 Å². The summed E-state index contributed by atoms with van der Waals surface area (Å²) in [5.41, 5.74) is 1.53. The van der Waals surface area contributed by atoms with E-state index >= 15 is 0 Å². The van der Waals surface area contributed by atoms with Crippen molar-refractivity contribution in [1.29, 1.82) is 0 Å². The molecule has 0 atom stereocenters. The summed E-state index contributed by atoms with van der Waals surface area (Å²) in [6.07, 6.45) is 5.52. The largest absolute Gasteiger partial charge is 0.379 e. The molecule has 5 heteroatoms. The molecule has 0 aromatic heterocycles. The van der Waals surface area contributed by atoms with Gasteiger partial charge in [0, 0.05) is 12.1 Å². The Balaban J connectivity index is 2.47. The maximum atomic E-state index is 11.0. The quantitative estimate of drug-likeness (QED) is 0.442. The van der Waals surface area contributed by atoms with E-state index < -0.39 is 0 Å². The summed E-state index contributed by atoms with van der Waals surface area (Å²) in [4.78, 5) is 10.7. The Hall–Kier alpha value is -1.23. The van der Waals surface area contributed by atoms with Crippen LogP contribution < -0.4 is 5.32 Å². The molecular formula is C13H20N2O2S. The van der Waals surface area contributed by atoms with E-state index in [0.29, 0.717) is 11.3 Å². The highest BCUT2D eigenvalue weighted by molar-refractivity contribution is 7.98. The van der Waals surface area contributed by atoms with Crippen LogP contribution in [0.3, 0.4) is 0 Å². The second-order valence-electron chi connectivity index (χ2n) is 4.21. The van der Waals surface area contributed by atoms with Crippen molar-refractivity contribution in [2.75, 3.05) is 23.9 Å². The van der Waals surface area contributed by atoms with Crippen LogP contribution in [0.15, 0.2) is 18.2 Å². The van der Waals surface area contributed by atoms with E-state index in [-0.39, 0.29) is 10.6 Å². The van der Waals surface area contributed by atoms with Crippen molar-refractivity contribution in [3.8, 4) is 0 Å². The molecule has 0 fully saturated rings. The summed E-state index contributed by atoms with van der Waals surface area (Å²) >= 11 is 1.85. The van der Waals surface area contributed by atoms with Gasteiger partial charge in [-0.3, -0.25) is 10.1 Å². The Labute approximate surface area is 112 Å². The molecule has 0 aliphatic rings. The molecule has 0 spiro atoms. The minimum Gasteiger partial charge on any atom is -0.379 e. The molecule has 0 saturated heterocycles. The minimum absolute atomic E-state index is 0.196. The van der Waals surface area contributed by atoms with Crippen LogP contribution in [0, 0.1) is 17.0 Å². The van der Waals surface area contributed by atoms with Crippen LogP contribution in [0.2, 0.25) is 0 Å². The third-order valence-electron chi connectivity index (χ3n) is 2.76. The first-order chi connectivity index (χ1) is 8.66. The van der Waals surface area contributed by atoms with Gasteiger partial charge >= 0.3 is 0 Å². The molecule has 1 N–H and O–H groups in total. The van der Waals surface area contributed by atoms with Gasteiger partial charge in [-0.15, -0.1) is 0 Å². The molecule has 18 heavy (non-hydrogen) atoms. The topological polar surface area (TPSA) is 55.2 Å². The number of nitrogens with zero attached hydrogens (tertiary/aromatic N) is 1. The molecule has 0 radical (unpaired) electrons. The number of nitro benzene ring substituents is 1. The molecule has 0 saturated carbocycles. The number of nitrogens with one attached hydrogen (secondary N) is 1. The molecule has 0 heterocycles. The lowest BCUT2D eigenvalue weighted by Crippen LogP contribution is -2.05. The highest BCUT2D eigenvalue weighted by atomic mass is 32.2. The fraction of sp³-hybridized carbons (Fsp3) is 0.538.